The molecule has 0 radical (unpaired) electrons. The Kier molecular flexibility index (Phi) is 4.26. The molecule has 0 N–H and O–H groups in total. The van der Waals surface area contributed by atoms with Crippen LogP contribution in [0.15, 0.2) is 100 Å². The van der Waals surface area contributed by atoms with E-state index in [1.807, 2.05) is 79.0 Å². The van der Waals surface area contributed by atoms with Crippen molar-refractivity contribution in [1.29, 1.82) is 0 Å². The topological polar surface area (TPSA) is 48.0 Å². The summed E-state index contributed by atoms with van der Waals surface area (Å²) < 4.78 is 7.38. The number of nitrogens with zero attached hydrogens (tertiary/aromatic N) is 2. The highest BCUT2D eigenvalue weighted by molar-refractivity contribution is 6.30. The largest absolute Gasteiger partial charge is 0.422 e. The molecule has 29 heavy (non-hydrogen) atoms. The number of aromatic nitrogens is 2. The Balaban J connectivity index is 1.78. The molecule has 3 aromatic carbocycles. The van der Waals surface area contributed by atoms with Crippen molar-refractivity contribution in [2.75, 3.05) is 0 Å². The van der Waals surface area contributed by atoms with E-state index < -0.39 is 0 Å². The van der Waals surface area contributed by atoms with Gasteiger partial charge < -0.3 is 4.42 Å². The van der Waals surface area contributed by atoms with Crippen molar-refractivity contribution >= 4 is 22.6 Å². The van der Waals surface area contributed by atoms with Crippen LogP contribution >= 0.6 is 11.6 Å². The van der Waals surface area contributed by atoms with Crippen LogP contribution < -0.4 is 5.63 Å². The van der Waals surface area contributed by atoms with E-state index in [4.69, 9.17) is 16.0 Å². The van der Waals surface area contributed by atoms with Gasteiger partial charge in [0.05, 0.1) is 17.4 Å². The molecular weight excluding hydrogens is 384 g/mol. The average Bonchev–Trinajstić information content (AvgIpc) is 3.24. The van der Waals surface area contributed by atoms with Gasteiger partial charge in [-0.2, -0.15) is 5.10 Å². The highest BCUT2D eigenvalue weighted by Gasteiger charge is 2.19. The number of fused-ring (bicyclic) bond motifs is 1. The maximum Gasteiger partial charge on any atom is 0.344 e. The van der Waals surface area contributed by atoms with E-state index in [1.54, 1.807) is 16.9 Å². The Morgan fingerprint density at radius 3 is 2.31 bits per heavy atom. The minimum Gasteiger partial charge on any atom is -0.422 e. The normalized spacial score (nSPS) is 11.1. The summed E-state index contributed by atoms with van der Waals surface area (Å²) in [4.78, 5) is 12.9. The summed E-state index contributed by atoms with van der Waals surface area (Å²) in [7, 11) is 0. The van der Waals surface area contributed by atoms with E-state index >= 15 is 0 Å². The number of halogens is 1. The molecule has 4 nitrogen and oxygen atoms in total. The molecule has 0 amide bonds. The molecule has 0 unspecified atom stereocenters. The van der Waals surface area contributed by atoms with Crippen LogP contribution in [0.1, 0.15) is 0 Å². The second-order valence-corrected chi connectivity index (χ2v) is 7.09. The van der Waals surface area contributed by atoms with Crippen LogP contribution in [0, 0.1) is 0 Å². The van der Waals surface area contributed by atoms with Crippen molar-refractivity contribution in [1.82, 2.24) is 9.78 Å². The number of rotatable bonds is 3. The molecule has 0 fully saturated rings. The standard InChI is InChI=1S/C24H15ClN2O2/c25-18-10-12-19(13-11-18)27-15-17(14-26-27)22-20-8-4-5-9-21(20)29-24(28)23(22)16-6-2-1-3-7-16/h1-15H. The van der Waals surface area contributed by atoms with Crippen LogP contribution in [0.25, 0.3) is 38.9 Å². The Morgan fingerprint density at radius 2 is 1.52 bits per heavy atom. The fraction of sp³-hybridized carbons (Fsp3) is 0. The zero-order chi connectivity index (χ0) is 19.8. The SMILES string of the molecule is O=c1oc2ccccc2c(-c2cnn(-c3ccc(Cl)cc3)c2)c1-c1ccccc1. The second kappa shape index (κ2) is 7.08. The quantitative estimate of drug-likeness (QED) is 0.352. The lowest BCUT2D eigenvalue weighted by Gasteiger charge is -2.10. The second-order valence-electron chi connectivity index (χ2n) is 6.65. The first-order valence-electron chi connectivity index (χ1n) is 9.13. The maximum atomic E-state index is 12.9. The van der Waals surface area contributed by atoms with E-state index in [9.17, 15) is 4.79 Å². The summed E-state index contributed by atoms with van der Waals surface area (Å²) in [6.07, 6.45) is 3.68. The van der Waals surface area contributed by atoms with E-state index in [-0.39, 0.29) is 5.63 Å². The zero-order valence-corrected chi connectivity index (χ0v) is 16.0. The van der Waals surface area contributed by atoms with Crippen molar-refractivity contribution in [3.05, 3.63) is 107 Å². The number of hydrogen-bond acceptors (Lipinski definition) is 3. The lowest BCUT2D eigenvalue weighted by Crippen LogP contribution is -2.05. The summed E-state index contributed by atoms with van der Waals surface area (Å²) >= 11 is 6.00. The molecule has 0 aliphatic rings. The van der Waals surface area contributed by atoms with Gasteiger partial charge in [-0.1, -0.05) is 60.1 Å². The molecule has 0 saturated heterocycles. The van der Waals surface area contributed by atoms with Gasteiger partial charge in [-0.15, -0.1) is 0 Å². The van der Waals surface area contributed by atoms with Crippen LogP contribution in [0.2, 0.25) is 5.02 Å². The first kappa shape index (κ1) is 17.5. The predicted molar refractivity (Wildman–Crippen MR) is 115 cm³/mol. The van der Waals surface area contributed by atoms with Crippen molar-refractivity contribution in [3.63, 3.8) is 0 Å². The Hall–Kier alpha value is -3.63. The Labute approximate surface area is 171 Å². The summed E-state index contributed by atoms with van der Waals surface area (Å²) in [5.74, 6) is 0. The Bertz CT molecular complexity index is 1370. The molecule has 0 saturated carbocycles. The molecule has 5 heteroatoms. The Morgan fingerprint density at radius 1 is 0.793 bits per heavy atom. The molecule has 0 aliphatic heterocycles. The molecule has 5 aromatic rings. The van der Waals surface area contributed by atoms with E-state index in [0.29, 0.717) is 16.2 Å². The monoisotopic (exact) mass is 398 g/mol. The molecule has 0 spiro atoms. The van der Waals surface area contributed by atoms with Crippen LogP contribution in [0.4, 0.5) is 0 Å². The first-order chi connectivity index (χ1) is 14.2. The third-order valence-electron chi connectivity index (χ3n) is 4.84. The van der Waals surface area contributed by atoms with Gasteiger partial charge in [0.15, 0.2) is 0 Å². The maximum absolute atomic E-state index is 12.9. The summed E-state index contributed by atoms with van der Waals surface area (Å²) in [6.45, 7) is 0. The van der Waals surface area contributed by atoms with Gasteiger partial charge in [0, 0.05) is 27.7 Å². The van der Waals surface area contributed by atoms with E-state index in [2.05, 4.69) is 5.10 Å². The van der Waals surface area contributed by atoms with Crippen LogP contribution in [0.5, 0.6) is 0 Å². The summed E-state index contributed by atoms with van der Waals surface area (Å²) in [5, 5.41) is 6.03. The number of benzene rings is 3. The fourth-order valence-corrected chi connectivity index (χ4v) is 3.63. The fourth-order valence-electron chi connectivity index (χ4n) is 3.50. The molecule has 0 aliphatic carbocycles. The van der Waals surface area contributed by atoms with Gasteiger partial charge in [0.2, 0.25) is 0 Å². The third kappa shape index (κ3) is 3.13. The van der Waals surface area contributed by atoms with Gasteiger partial charge in [0.1, 0.15) is 5.58 Å². The van der Waals surface area contributed by atoms with Crippen LogP contribution in [-0.2, 0) is 0 Å². The third-order valence-corrected chi connectivity index (χ3v) is 5.09. The predicted octanol–water partition coefficient (Wildman–Crippen LogP) is 5.97. The minimum atomic E-state index is -0.371. The van der Waals surface area contributed by atoms with Gasteiger partial charge in [0.25, 0.3) is 0 Å². The molecule has 0 atom stereocenters. The molecule has 0 bridgehead atoms. The highest BCUT2D eigenvalue weighted by atomic mass is 35.5. The molecular formula is C24H15ClN2O2. The van der Waals surface area contributed by atoms with Gasteiger partial charge in [-0.05, 0) is 35.9 Å². The lowest BCUT2D eigenvalue weighted by molar-refractivity contribution is 0.564. The number of hydrogen-bond donors (Lipinski definition) is 0. The van der Waals surface area contributed by atoms with Crippen molar-refractivity contribution in [3.8, 4) is 27.9 Å². The molecule has 2 heterocycles. The molecule has 5 rings (SSSR count). The lowest BCUT2D eigenvalue weighted by atomic mass is 9.95. The van der Waals surface area contributed by atoms with Crippen molar-refractivity contribution in [2.24, 2.45) is 0 Å². The van der Waals surface area contributed by atoms with Gasteiger partial charge in [-0.3, -0.25) is 0 Å². The van der Waals surface area contributed by atoms with Crippen molar-refractivity contribution < 1.29 is 4.42 Å². The van der Waals surface area contributed by atoms with E-state index in [1.165, 1.54) is 0 Å². The number of para-hydroxylation sites is 1. The first-order valence-corrected chi connectivity index (χ1v) is 9.51. The molecule has 2 aromatic heterocycles. The average molecular weight is 399 g/mol. The van der Waals surface area contributed by atoms with Crippen LogP contribution in [0.3, 0.4) is 0 Å². The van der Waals surface area contributed by atoms with Gasteiger partial charge in [-0.25, -0.2) is 9.48 Å². The highest BCUT2D eigenvalue weighted by Crippen LogP contribution is 2.35. The molecule has 140 valence electrons. The van der Waals surface area contributed by atoms with E-state index in [0.717, 1.165) is 27.8 Å². The van der Waals surface area contributed by atoms with Gasteiger partial charge >= 0.3 is 5.63 Å². The minimum absolute atomic E-state index is 0.371. The van der Waals surface area contributed by atoms with Crippen molar-refractivity contribution in [2.45, 2.75) is 0 Å². The smallest absolute Gasteiger partial charge is 0.344 e. The summed E-state index contributed by atoms with van der Waals surface area (Å²) in [5.41, 5.74) is 4.04. The summed E-state index contributed by atoms with van der Waals surface area (Å²) in [6, 6.07) is 24.5. The zero-order valence-electron chi connectivity index (χ0n) is 15.2. The van der Waals surface area contributed by atoms with Crippen LogP contribution in [-0.4, -0.2) is 9.78 Å².